The Hall–Kier alpha value is -0.760. The van der Waals surface area contributed by atoms with Gasteiger partial charge in [-0.25, -0.2) is 4.39 Å². The van der Waals surface area contributed by atoms with Crippen molar-refractivity contribution < 1.29 is 4.39 Å². The van der Waals surface area contributed by atoms with Crippen LogP contribution in [-0.4, -0.2) is 7.05 Å². The van der Waals surface area contributed by atoms with Gasteiger partial charge in [-0.3, -0.25) is 0 Å². The highest BCUT2D eigenvalue weighted by Crippen LogP contribution is 2.27. The molecule has 0 radical (unpaired) electrons. The Morgan fingerprint density at radius 1 is 1.50 bits per heavy atom. The maximum Gasteiger partial charge on any atom is 0.142 e. The average molecular weight is 188 g/mol. The normalized spacial score (nSPS) is 10.0. The minimum absolute atomic E-state index is 0.226. The maximum absolute atomic E-state index is 12.9. The molecule has 0 heterocycles. The lowest BCUT2D eigenvalue weighted by atomic mass is 10.1. The summed E-state index contributed by atoms with van der Waals surface area (Å²) in [5.41, 5.74) is 1.73. The van der Waals surface area contributed by atoms with Crippen molar-refractivity contribution in [1.82, 2.24) is 0 Å². The zero-order chi connectivity index (χ0) is 9.14. The average Bonchev–Trinajstić information content (AvgIpc) is 2.09. The van der Waals surface area contributed by atoms with Crippen molar-refractivity contribution in [3.63, 3.8) is 0 Å². The van der Waals surface area contributed by atoms with E-state index in [1.54, 1.807) is 13.1 Å². The summed E-state index contributed by atoms with van der Waals surface area (Å²) in [6, 6.07) is 3.06. The van der Waals surface area contributed by atoms with E-state index in [2.05, 4.69) is 5.32 Å². The first-order valence-corrected chi connectivity index (χ1v) is 4.23. The summed E-state index contributed by atoms with van der Waals surface area (Å²) in [7, 11) is 1.79. The maximum atomic E-state index is 12.9. The lowest BCUT2D eigenvalue weighted by Crippen LogP contribution is -1.96. The number of hydrogen-bond acceptors (Lipinski definition) is 1. The number of rotatable bonds is 2. The second-order valence-corrected chi connectivity index (χ2v) is 2.87. The van der Waals surface area contributed by atoms with Crippen molar-refractivity contribution in [2.24, 2.45) is 0 Å². The van der Waals surface area contributed by atoms with Crippen LogP contribution in [-0.2, 0) is 6.42 Å². The van der Waals surface area contributed by atoms with Crippen molar-refractivity contribution in [2.45, 2.75) is 13.3 Å². The van der Waals surface area contributed by atoms with Gasteiger partial charge in [0.25, 0.3) is 0 Å². The van der Waals surface area contributed by atoms with Crippen LogP contribution in [0.15, 0.2) is 12.1 Å². The lowest BCUT2D eigenvalue weighted by molar-refractivity contribution is 0.626. The van der Waals surface area contributed by atoms with Gasteiger partial charge in [0.15, 0.2) is 0 Å². The van der Waals surface area contributed by atoms with Crippen molar-refractivity contribution in [2.75, 3.05) is 12.4 Å². The Bertz CT molecular complexity index is 286. The predicted octanol–water partition coefficient (Wildman–Crippen LogP) is 3.08. The minimum atomic E-state index is -0.354. The molecule has 0 bridgehead atoms. The smallest absolute Gasteiger partial charge is 0.142 e. The number of nitrogens with one attached hydrogen (secondary N) is 1. The quantitative estimate of drug-likeness (QED) is 0.751. The fraction of sp³-hybridized carbons (Fsp3) is 0.333. The zero-order valence-electron chi connectivity index (χ0n) is 7.12. The molecule has 1 rings (SSSR count). The molecule has 1 aromatic rings. The van der Waals surface area contributed by atoms with Crippen molar-refractivity contribution in [3.8, 4) is 0 Å². The highest BCUT2D eigenvalue weighted by molar-refractivity contribution is 6.31. The Balaban J connectivity index is 3.25. The SMILES string of the molecule is CCc1c(NC)ccc(F)c1Cl. The molecule has 66 valence electrons. The Labute approximate surface area is 76.5 Å². The van der Waals surface area contributed by atoms with Crippen molar-refractivity contribution in [3.05, 3.63) is 28.5 Å². The van der Waals surface area contributed by atoms with Crippen LogP contribution >= 0.6 is 11.6 Å². The summed E-state index contributed by atoms with van der Waals surface area (Å²) in [4.78, 5) is 0. The van der Waals surface area contributed by atoms with E-state index in [4.69, 9.17) is 11.6 Å². The highest BCUT2D eigenvalue weighted by Gasteiger charge is 2.08. The van der Waals surface area contributed by atoms with E-state index in [-0.39, 0.29) is 10.8 Å². The fourth-order valence-corrected chi connectivity index (χ4v) is 1.47. The Kier molecular flexibility index (Phi) is 2.93. The molecule has 0 aliphatic rings. The molecule has 1 nitrogen and oxygen atoms in total. The van der Waals surface area contributed by atoms with E-state index < -0.39 is 0 Å². The van der Waals surface area contributed by atoms with Crippen molar-refractivity contribution in [1.29, 1.82) is 0 Å². The molecule has 0 aliphatic carbocycles. The summed E-state index contributed by atoms with van der Waals surface area (Å²) >= 11 is 5.76. The van der Waals surface area contributed by atoms with Crippen LogP contribution in [0.3, 0.4) is 0 Å². The summed E-state index contributed by atoms with van der Waals surface area (Å²) in [6.07, 6.45) is 0.729. The van der Waals surface area contributed by atoms with Crippen molar-refractivity contribution >= 4 is 17.3 Å². The summed E-state index contributed by atoms with van der Waals surface area (Å²) in [6.45, 7) is 1.95. The van der Waals surface area contributed by atoms with Gasteiger partial charge >= 0.3 is 0 Å². The van der Waals surface area contributed by atoms with Crippen LogP contribution in [0, 0.1) is 5.82 Å². The van der Waals surface area contributed by atoms with Gasteiger partial charge in [-0.15, -0.1) is 0 Å². The highest BCUT2D eigenvalue weighted by atomic mass is 35.5. The number of benzene rings is 1. The monoisotopic (exact) mass is 187 g/mol. The standard InChI is InChI=1S/C9H11ClFN/c1-3-6-8(12-2)5-4-7(11)9(6)10/h4-5,12H,3H2,1-2H3. The molecule has 0 spiro atoms. The van der Waals surface area contributed by atoms with E-state index >= 15 is 0 Å². The molecule has 0 aliphatic heterocycles. The van der Waals surface area contributed by atoms with Crippen LogP contribution in [0.4, 0.5) is 10.1 Å². The zero-order valence-corrected chi connectivity index (χ0v) is 7.87. The molecule has 0 saturated heterocycles. The second-order valence-electron chi connectivity index (χ2n) is 2.49. The first-order chi connectivity index (χ1) is 5.70. The van der Waals surface area contributed by atoms with Gasteiger partial charge in [0, 0.05) is 12.7 Å². The van der Waals surface area contributed by atoms with Gasteiger partial charge < -0.3 is 5.32 Å². The molecular weight excluding hydrogens is 177 g/mol. The molecule has 0 aromatic heterocycles. The van der Waals surface area contributed by atoms with E-state index in [1.165, 1.54) is 6.07 Å². The molecule has 0 saturated carbocycles. The van der Waals surface area contributed by atoms with Crippen LogP contribution in [0.2, 0.25) is 5.02 Å². The molecular formula is C9H11ClFN. The van der Waals surface area contributed by atoms with Gasteiger partial charge in [0.1, 0.15) is 5.82 Å². The molecule has 0 fully saturated rings. The van der Waals surface area contributed by atoms with Gasteiger partial charge in [-0.05, 0) is 24.1 Å². The van der Waals surface area contributed by atoms with E-state index in [9.17, 15) is 4.39 Å². The Morgan fingerprint density at radius 2 is 2.17 bits per heavy atom. The first kappa shape index (κ1) is 9.33. The largest absolute Gasteiger partial charge is 0.388 e. The van der Waals surface area contributed by atoms with Crippen LogP contribution in [0.25, 0.3) is 0 Å². The third kappa shape index (κ3) is 1.53. The van der Waals surface area contributed by atoms with Gasteiger partial charge in [-0.1, -0.05) is 18.5 Å². The number of halogens is 2. The third-order valence-corrected chi connectivity index (χ3v) is 2.23. The van der Waals surface area contributed by atoms with Gasteiger partial charge in [0.05, 0.1) is 5.02 Å². The lowest BCUT2D eigenvalue weighted by Gasteiger charge is -2.09. The second kappa shape index (κ2) is 3.76. The van der Waals surface area contributed by atoms with Crippen LogP contribution < -0.4 is 5.32 Å². The van der Waals surface area contributed by atoms with Gasteiger partial charge in [-0.2, -0.15) is 0 Å². The van der Waals surface area contributed by atoms with E-state index in [0.29, 0.717) is 0 Å². The summed E-state index contributed by atoms with van der Waals surface area (Å²) < 4.78 is 12.9. The van der Waals surface area contributed by atoms with E-state index in [0.717, 1.165) is 17.7 Å². The summed E-state index contributed by atoms with van der Waals surface area (Å²) in [5, 5.41) is 3.19. The molecule has 12 heavy (non-hydrogen) atoms. The number of hydrogen-bond donors (Lipinski definition) is 1. The fourth-order valence-electron chi connectivity index (χ4n) is 1.17. The molecule has 0 atom stereocenters. The number of anilines is 1. The van der Waals surface area contributed by atoms with Crippen LogP contribution in [0.1, 0.15) is 12.5 Å². The predicted molar refractivity (Wildman–Crippen MR) is 50.3 cm³/mol. The third-order valence-electron chi connectivity index (χ3n) is 1.82. The van der Waals surface area contributed by atoms with Gasteiger partial charge in [0.2, 0.25) is 0 Å². The van der Waals surface area contributed by atoms with E-state index in [1.807, 2.05) is 6.92 Å². The van der Waals surface area contributed by atoms with Crippen LogP contribution in [0.5, 0.6) is 0 Å². The molecule has 1 aromatic carbocycles. The molecule has 3 heteroatoms. The summed E-state index contributed by atoms with van der Waals surface area (Å²) in [5.74, 6) is -0.354. The molecule has 0 unspecified atom stereocenters. The molecule has 1 N–H and O–H groups in total. The Morgan fingerprint density at radius 3 is 2.67 bits per heavy atom. The first-order valence-electron chi connectivity index (χ1n) is 3.85. The topological polar surface area (TPSA) is 12.0 Å². The molecule has 0 amide bonds. The minimum Gasteiger partial charge on any atom is -0.388 e.